The van der Waals surface area contributed by atoms with E-state index < -0.39 is 62.2 Å². The first-order chi connectivity index (χ1) is 13.4. The lowest BCUT2D eigenvalue weighted by Crippen LogP contribution is -2.39. The molecule has 0 fully saturated rings. The quantitative estimate of drug-likeness (QED) is 0.743. The number of hydrogen-bond acceptors (Lipinski definition) is 3. The van der Waals surface area contributed by atoms with Crippen LogP contribution >= 0.6 is 0 Å². The maximum absolute atomic E-state index is 14.3. The highest BCUT2D eigenvalue weighted by Crippen LogP contribution is 2.31. The van der Waals surface area contributed by atoms with E-state index in [4.69, 9.17) is 0 Å². The molecule has 2 aromatic rings. The summed E-state index contributed by atoms with van der Waals surface area (Å²) in [5.41, 5.74) is -7.62. The number of amides is 1. The molecular weight excluding hydrogens is 426 g/mol. The normalized spacial score (nSPS) is 14.7. The van der Waals surface area contributed by atoms with Gasteiger partial charge in [0.05, 0.1) is 17.8 Å². The zero-order valence-electron chi connectivity index (χ0n) is 14.4. The number of carbonyl (C=O) groups is 1. The number of nitrogens with zero attached hydrogens (tertiary/aromatic N) is 1. The Kier molecular flexibility index (Phi) is 5.24. The topological polar surface area (TPSA) is 66.5 Å². The highest BCUT2D eigenvalue weighted by molar-refractivity contribution is 7.93. The van der Waals surface area contributed by atoms with Crippen molar-refractivity contribution in [2.75, 3.05) is 11.3 Å². The number of rotatable bonds is 4. The number of nitrogens with one attached hydrogen (secondary N) is 1. The minimum Gasteiger partial charge on any atom is -0.334 e. The van der Waals surface area contributed by atoms with Crippen LogP contribution in [0.1, 0.15) is 21.5 Å². The van der Waals surface area contributed by atoms with Gasteiger partial charge in [0.15, 0.2) is 0 Å². The van der Waals surface area contributed by atoms with Gasteiger partial charge in [-0.15, -0.1) is 0 Å². The van der Waals surface area contributed by atoms with Gasteiger partial charge in [-0.2, -0.15) is 21.6 Å². The van der Waals surface area contributed by atoms with Crippen LogP contribution in [0, 0.1) is 17.5 Å². The Hall–Kier alpha value is -2.76. The molecular formula is C17H12F6N2O3S. The van der Waals surface area contributed by atoms with Gasteiger partial charge in [-0.3, -0.25) is 9.52 Å². The number of anilines is 1. The van der Waals surface area contributed by atoms with Crippen molar-refractivity contribution in [2.45, 2.75) is 18.5 Å². The SMILES string of the molecule is O=C1c2c(F)ccc(F)c2CCN1Cc1c(F)cccc1NS(=O)(=O)C(F)(F)F. The maximum atomic E-state index is 14.3. The lowest BCUT2D eigenvalue weighted by Gasteiger charge is -2.30. The molecule has 1 amide bonds. The van der Waals surface area contributed by atoms with Gasteiger partial charge < -0.3 is 4.90 Å². The van der Waals surface area contributed by atoms with Crippen LogP contribution in [-0.2, 0) is 23.0 Å². The van der Waals surface area contributed by atoms with E-state index in [-0.39, 0.29) is 18.5 Å². The fraction of sp³-hybridized carbons (Fsp3) is 0.235. The fourth-order valence-corrected chi connectivity index (χ4v) is 3.53. The molecule has 0 aliphatic carbocycles. The molecule has 1 aliphatic heterocycles. The lowest BCUT2D eigenvalue weighted by molar-refractivity contribution is -0.0429. The molecule has 3 rings (SSSR count). The summed E-state index contributed by atoms with van der Waals surface area (Å²) in [4.78, 5) is 13.4. The van der Waals surface area contributed by atoms with E-state index in [0.717, 1.165) is 35.2 Å². The number of carbonyl (C=O) groups excluding carboxylic acids is 1. The molecule has 1 N–H and O–H groups in total. The largest absolute Gasteiger partial charge is 0.516 e. The van der Waals surface area contributed by atoms with E-state index in [2.05, 4.69) is 0 Å². The van der Waals surface area contributed by atoms with Crippen molar-refractivity contribution >= 4 is 21.6 Å². The summed E-state index contributed by atoms with van der Waals surface area (Å²) in [6, 6.07) is 4.35. The summed E-state index contributed by atoms with van der Waals surface area (Å²) in [5, 5.41) is 0. The van der Waals surface area contributed by atoms with Gasteiger partial charge in [0, 0.05) is 17.7 Å². The highest BCUT2D eigenvalue weighted by Gasteiger charge is 2.46. The molecule has 0 unspecified atom stereocenters. The predicted molar refractivity (Wildman–Crippen MR) is 89.8 cm³/mol. The van der Waals surface area contributed by atoms with Crippen LogP contribution < -0.4 is 4.72 Å². The average molecular weight is 438 g/mol. The van der Waals surface area contributed by atoms with E-state index in [0.29, 0.717) is 0 Å². The van der Waals surface area contributed by atoms with Crippen LogP contribution in [0.2, 0.25) is 0 Å². The van der Waals surface area contributed by atoms with Crippen molar-refractivity contribution in [1.82, 2.24) is 4.90 Å². The Balaban J connectivity index is 1.96. The molecule has 0 spiro atoms. The summed E-state index contributed by atoms with van der Waals surface area (Å²) in [6.45, 7) is -0.831. The Labute approximate surface area is 161 Å². The minimum absolute atomic E-state index is 0.108. The molecule has 5 nitrogen and oxygen atoms in total. The second-order valence-corrected chi connectivity index (χ2v) is 7.85. The van der Waals surface area contributed by atoms with E-state index in [1.165, 1.54) is 4.72 Å². The average Bonchev–Trinajstić information content (AvgIpc) is 2.61. The number of sulfonamides is 1. The van der Waals surface area contributed by atoms with Gasteiger partial charge in [0.25, 0.3) is 5.91 Å². The first-order valence-corrected chi connectivity index (χ1v) is 9.53. The number of halogens is 6. The Morgan fingerprint density at radius 3 is 2.31 bits per heavy atom. The van der Waals surface area contributed by atoms with Gasteiger partial charge >= 0.3 is 15.5 Å². The smallest absolute Gasteiger partial charge is 0.334 e. The standard InChI is InChI=1S/C17H12F6N2O3S/c18-11-2-1-3-14(24-29(27,28)17(21,22)23)10(11)8-25-7-6-9-12(19)4-5-13(20)15(9)16(25)26/h1-5,24H,6-8H2. The third kappa shape index (κ3) is 3.88. The van der Waals surface area contributed by atoms with Crippen molar-refractivity contribution in [3.63, 3.8) is 0 Å². The number of fused-ring (bicyclic) bond motifs is 1. The van der Waals surface area contributed by atoms with Gasteiger partial charge in [-0.25, -0.2) is 13.2 Å². The van der Waals surface area contributed by atoms with Crippen molar-refractivity contribution in [3.05, 3.63) is 64.5 Å². The predicted octanol–water partition coefficient (Wildman–Crippen LogP) is 3.56. The van der Waals surface area contributed by atoms with Gasteiger partial charge in [0.2, 0.25) is 0 Å². The van der Waals surface area contributed by atoms with Gasteiger partial charge in [0.1, 0.15) is 17.5 Å². The zero-order valence-corrected chi connectivity index (χ0v) is 15.2. The molecule has 0 atom stereocenters. The van der Waals surface area contributed by atoms with Crippen LogP contribution in [0.25, 0.3) is 0 Å². The van der Waals surface area contributed by atoms with E-state index in [1.807, 2.05) is 0 Å². The monoisotopic (exact) mass is 438 g/mol. The molecule has 0 saturated carbocycles. The molecule has 0 aromatic heterocycles. The molecule has 1 aliphatic rings. The van der Waals surface area contributed by atoms with Crippen molar-refractivity contribution in [1.29, 1.82) is 0 Å². The highest BCUT2D eigenvalue weighted by atomic mass is 32.2. The summed E-state index contributed by atoms with van der Waals surface area (Å²) < 4.78 is 104. The van der Waals surface area contributed by atoms with Crippen LogP contribution in [0.15, 0.2) is 30.3 Å². The van der Waals surface area contributed by atoms with Crippen molar-refractivity contribution in [3.8, 4) is 0 Å². The Morgan fingerprint density at radius 1 is 1.00 bits per heavy atom. The lowest BCUT2D eigenvalue weighted by atomic mass is 9.97. The second kappa shape index (κ2) is 7.25. The van der Waals surface area contributed by atoms with Crippen LogP contribution in [0.3, 0.4) is 0 Å². The molecule has 12 heteroatoms. The third-order valence-electron chi connectivity index (χ3n) is 4.35. The summed E-state index contributed by atoms with van der Waals surface area (Å²) in [7, 11) is -5.84. The Bertz CT molecular complexity index is 1090. The van der Waals surface area contributed by atoms with E-state index in [1.54, 1.807) is 0 Å². The van der Waals surface area contributed by atoms with Crippen LogP contribution in [-0.4, -0.2) is 31.3 Å². The van der Waals surface area contributed by atoms with Crippen LogP contribution in [0.5, 0.6) is 0 Å². The van der Waals surface area contributed by atoms with E-state index >= 15 is 0 Å². The van der Waals surface area contributed by atoms with Gasteiger partial charge in [-0.05, 0) is 30.7 Å². The van der Waals surface area contributed by atoms with Crippen LogP contribution in [0.4, 0.5) is 32.0 Å². The number of benzene rings is 2. The second-order valence-electron chi connectivity index (χ2n) is 6.18. The fourth-order valence-electron chi connectivity index (χ4n) is 2.94. The van der Waals surface area contributed by atoms with Crippen molar-refractivity contribution in [2.24, 2.45) is 0 Å². The molecule has 1 heterocycles. The van der Waals surface area contributed by atoms with Crippen molar-refractivity contribution < 1.29 is 39.6 Å². The van der Waals surface area contributed by atoms with E-state index in [9.17, 15) is 39.6 Å². The summed E-state index contributed by atoms with van der Waals surface area (Å²) >= 11 is 0. The minimum atomic E-state index is -5.84. The third-order valence-corrected chi connectivity index (χ3v) is 5.45. The zero-order chi connectivity index (χ0) is 21.6. The first-order valence-electron chi connectivity index (χ1n) is 8.05. The Morgan fingerprint density at radius 2 is 1.66 bits per heavy atom. The summed E-state index contributed by atoms with van der Waals surface area (Å²) in [5.74, 6) is -3.86. The molecule has 29 heavy (non-hydrogen) atoms. The molecule has 2 aromatic carbocycles. The summed E-state index contributed by atoms with van der Waals surface area (Å²) in [6.07, 6.45) is -0.108. The first kappa shape index (κ1) is 21.0. The number of alkyl halides is 3. The molecule has 0 bridgehead atoms. The van der Waals surface area contributed by atoms with Gasteiger partial charge in [-0.1, -0.05) is 6.07 Å². The number of hydrogen-bond donors (Lipinski definition) is 1. The molecule has 0 saturated heterocycles. The maximum Gasteiger partial charge on any atom is 0.516 e. The molecule has 156 valence electrons. The molecule has 0 radical (unpaired) electrons.